The Bertz CT molecular complexity index is 554. The molecule has 0 saturated carbocycles. The Morgan fingerprint density at radius 2 is 1.81 bits per heavy atom. The molecule has 0 spiro atoms. The van der Waals surface area contributed by atoms with Crippen LogP contribution in [0, 0.1) is 13.8 Å². The molecule has 0 saturated heterocycles. The van der Waals surface area contributed by atoms with Crippen molar-refractivity contribution in [2.45, 2.75) is 32.7 Å². The van der Waals surface area contributed by atoms with Gasteiger partial charge in [0.25, 0.3) is 0 Å². The predicted octanol–water partition coefficient (Wildman–Crippen LogP) is 3.15. The molecule has 3 nitrogen and oxygen atoms in total. The molecule has 0 aromatic heterocycles. The third kappa shape index (κ3) is 4.88. The van der Waals surface area contributed by atoms with E-state index in [-0.39, 0.29) is 6.04 Å². The van der Waals surface area contributed by atoms with Crippen molar-refractivity contribution in [1.29, 1.82) is 0 Å². The highest BCUT2D eigenvalue weighted by Gasteiger charge is 2.09. The van der Waals surface area contributed by atoms with Gasteiger partial charge in [-0.15, -0.1) is 0 Å². The molecule has 3 N–H and O–H groups in total. The summed E-state index contributed by atoms with van der Waals surface area (Å²) in [5, 5.41) is 0. The van der Waals surface area contributed by atoms with Gasteiger partial charge in [0.1, 0.15) is 5.75 Å². The number of hydrogen-bond acceptors (Lipinski definition) is 3. The highest BCUT2D eigenvalue weighted by atomic mass is 16.5. The van der Waals surface area contributed by atoms with Crippen molar-refractivity contribution in [2.75, 3.05) is 6.61 Å². The maximum atomic E-state index is 5.72. The highest BCUT2D eigenvalue weighted by Crippen LogP contribution is 2.13. The fourth-order valence-corrected chi connectivity index (χ4v) is 2.30. The second kappa shape index (κ2) is 7.81. The first-order chi connectivity index (χ1) is 10.2. The molecule has 2 rings (SSSR count). The quantitative estimate of drug-likeness (QED) is 0.606. The fourth-order valence-electron chi connectivity index (χ4n) is 2.30. The zero-order chi connectivity index (χ0) is 15.1. The molecular weight excluding hydrogens is 260 g/mol. The topological polar surface area (TPSA) is 47.3 Å². The molecule has 0 amide bonds. The van der Waals surface area contributed by atoms with E-state index in [2.05, 4.69) is 37.5 Å². The minimum Gasteiger partial charge on any atom is -0.494 e. The summed E-state index contributed by atoms with van der Waals surface area (Å²) < 4.78 is 5.72. The van der Waals surface area contributed by atoms with Gasteiger partial charge >= 0.3 is 0 Å². The van der Waals surface area contributed by atoms with E-state index in [0.29, 0.717) is 6.61 Å². The zero-order valence-corrected chi connectivity index (χ0v) is 12.8. The molecule has 0 heterocycles. The van der Waals surface area contributed by atoms with Crippen LogP contribution in [-0.2, 0) is 6.42 Å². The number of para-hydroxylation sites is 1. The summed E-state index contributed by atoms with van der Waals surface area (Å²) in [7, 11) is 0. The molecule has 0 aliphatic heterocycles. The summed E-state index contributed by atoms with van der Waals surface area (Å²) >= 11 is 0. The van der Waals surface area contributed by atoms with E-state index in [9.17, 15) is 0 Å². The number of hydrazine groups is 1. The van der Waals surface area contributed by atoms with Crippen molar-refractivity contribution < 1.29 is 4.74 Å². The van der Waals surface area contributed by atoms with Crippen LogP contribution >= 0.6 is 0 Å². The number of benzene rings is 2. The van der Waals surface area contributed by atoms with Crippen molar-refractivity contribution in [3.05, 3.63) is 65.2 Å². The molecule has 0 fully saturated rings. The standard InChI is InChI=1S/C18H24N2O/c1-14-8-9-16(12-15(14)2)13-17(20-19)10-11-21-18-6-4-3-5-7-18/h3-9,12,17,20H,10-11,13,19H2,1-2H3. The summed E-state index contributed by atoms with van der Waals surface area (Å²) in [6.07, 6.45) is 1.79. The van der Waals surface area contributed by atoms with Crippen LogP contribution < -0.4 is 16.0 Å². The largest absolute Gasteiger partial charge is 0.494 e. The molecule has 2 aromatic rings. The van der Waals surface area contributed by atoms with Crippen molar-refractivity contribution in [3.8, 4) is 5.75 Å². The normalized spacial score (nSPS) is 12.1. The monoisotopic (exact) mass is 284 g/mol. The number of nitrogens with one attached hydrogen (secondary N) is 1. The van der Waals surface area contributed by atoms with Crippen molar-refractivity contribution in [1.82, 2.24) is 5.43 Å². The van der Waals surface area contributed by atoms with Gasteiger partial charge in [0.15, 0.2) is 0 Å². The van der Waals surface area contributed by atoms with Crippen LogP contribution in [-0.4, -0.2) is 12.6 Å². The minimum atomic E-state index is 0.218. The molecule has 1 unspecified atom stereocenters. The second-order valence-corrected chi connectivity index (χ2v) is 5.44. The Morgan fingerprint density at radius 3 is 2.48 bits per heavy atom. The zero-order valence-electron chi connectivity index (χ0n) is 12.8. The lowest BCUT2D eigenvalue weighted by atomic mass is 10.00. The van der Waals surface area contributed by atoms with Gasteiger partial charge in [-0.2, -0.15) is 0 Å². The maximum absolute atomic E-state index is 5.72. The molecule has 3 heteroatoms. The van der Waals surface area contributed by atoms with Crippen molar-refractivity contribution >= 4 is 0 Å². The molecule has 0 radical (unpaired) electrons. The number of rotatable bonds is 7. The summed E-state index contributed by atoms with van der Waals surface area (Å²) in [6, 6.07) is 16.7. The second-order valence-electron chi connectivity index (χ2n) is 5.44. The first kappa shape index (κ1) is 15.5. The van der Waals surface area contributed by atoms with E-state index >= 15 is 0 Å². The first-order valence-electron chi connectivity index (χ1n) is 7.39. The van der Waals surface area contributed by atoms with E-state index in [4.69, 9.17) is 10.6 Å². The number of nitrogens with two attached hydrogens (primary N) is 1. The lowest BCUT2D eigenvalue weighted by Gasteiger charge is -2.17. The van der Waals surface area contributed by atoms with Gasteiger partial charge in [-0.1, -0.05) is 36.4 Å². The van der Waals surface area contributed by atoms with Crippen LogP contribution in [0.3, 0.4) is 0 Å². The molecular formula is C18H24N2O. The SMILES string of the molecule is Cc1ccc(CC(CCOc2ccccc2)NN)cc1C. The molecule has 0 aliphatic rings. The number of ether oxygens (including phenoxy) is 1. The highest BCUT2D eigenvalue weighted by molar-refractivity contribution is 5.30. The Balaban J connectivity index is 1.84. The Kier molecular flexibility index (Phi) is 5.78. The molecule has 112 valence electrons. The molecule has 1 atom stereocenters. The van der Waals surface area contributed by atoms with E-state index in [1.807, 2.05) is 30.3 Å². The molecule has 21 heavy (non-hydrogen) atoms. The van der Waals surface area contributed by atoms with Crippen LogP contribution in [0.25, 0.3) is 0 Å². The van der Waals surface area contributed by atoms with Gasteiger partial charge in [0, 0.05) is 6.04 Å². The third-order valence-electron chi connectivity index (χ3n) is 3.77. The third-order valence-corrected chi connectivity index (χ3v) is 3.77. The minimum absolute atomic E-state index is 0.218. The van der Waals surface area contributed by atoms with Crippen LogP contribution in [0.1, 0.15) is 23.1 Å². The van der Waals surface area contributed by atoms with E-state index < -0.39 is 0 Å². The van der Waals surface area contributed by atoms with Crippen LogP contribution in [0.2, 0.25) is 0 Å². The van der Waals surface area contributed by atoms with Gasteiger partial charge in [-0.25, -0.2) is 0 Å². The van der Waals surface area contributed by atoms with Gasteiger partial charge in [-0.3, -0.25) is 11.3 Å². The average molecular weight is 284 g/mol. The smallest absolute Gasteiger partial charge is 0.119 e. The molecule has 0 aliphatic carbocycles. The van der Waals surface area contributed by atoms with Crippen molar-refractivity contribution in [2.24, 2.45) is 5.84 Å². The van der Waals surface area contributed by atoms with E-state index in [1.54, 1.807) is 0 Å². The Labute approximate surface area is 127 Å². The van der Waals surface area contributed by atoms with Crippen LogP contribution in [0.5, 0.6) is 5.75 Å². The van der Waals surface area contributed by atoms with Gasteiger partial charge in [-0.05, 0) is 55.5 Å². The van der Waals surface area contributed by atoms with Gasteiger partial charge in [0.2, 0.25) is 0 Å². The number of aryl methyl sites for hydroxylation is 2. The van der Waals surface area contributed by atoms with Crippen molar-refractivity contribution in [3.63, 3.8) is 0 Å². The van der Waals surface area contributed by atoms with Crippen LogP contribution in [0.4, 0.5) is 0 Å². The fraction of sp³-hybridized carbons (Fsp3) is 0.333. The van der Waals surface area contributed by atoms with E-state index in [1.165, 1.54) is 16.7 Å². The maximum Gasteiger partial charge on any atom is 0.119 e. The predicted molar refractivity (Wildman–Crippen MR) is 87.3 cm³/mol. The number of hydrogen-bond donors (Lipinski definition) is 2. The summed E-state index contributed by atoms with van der Waals surface area (Å²) in [5.74, 6) is 6.56. The first-order valence-corrected chi connectivity index (χ1v) is 7.39. The molecule has 0 bridgehead atoms. The lowest BCUT2D eigenvalue weighted by molar-refractivity contribution is 0.285. The Morgan fingerprint density at radius 1 is 1.05 bits per heavy atom. The average Bonchev–Trinajstić information content (AvgIpc) is 2.51. The summed E-state index contributed by atoms with van der Waals surface area (Å²) in [6.45, 7) is 4.93. The summed E-state index contributed by atoms with van der Waals surface area (Å²) in [4.78, 5) is 0. The van der Waals surface area contributed by atoms with Crippen LogP contribution in [0.15, 0.2) is 48.5 Å². The van der Waals surface area contributed by atoms with E-state index in [0.717, 1.165) is 18.6 Å². The molecule has 2 aromatic carbocycles. The van der Waals surface area contributed by atoms with Gasteiger partial charge in [0.05, 0.1) is 6.61 Å². The Hall–Kier alpha value is -1.84. The lowest BCUT2D eigenvalue weighted by Crippen LogP contribution is -2.37. The van der Waals surface area contributed by atoms with Gasteiger partial charge < -0.3 is 4.74 Å². The summed E-state index contributed by atoms with van der Waals surface area (Å²) in [5.41, 5.74) is 6.84.